The number of primary amides is 1. The van der Waals surface area contributed by atoms with Gasteiger partial charge in [0.1, 0.15) is 0 Å². The molecule has 0 fully saturated rings. The molecule has 2 heterocycles. The number of fused-ring (bicyclic) bond motifs is 1. The zero-order chi connectivity index (χ0) is 19.6. The van der Waals surface area contributed by atoms with E-state index in [1.807, 2.05) is 13.0 Å². The number of carbonyl (C=O) groups excluding carboxylic acids is 3. The van der Waals surface area contributed by atoms with Crippen LogP contribution in [0.5, 0.6) is 0 Å². The number of hydrogen-bond acceptors (Lipinski definition) is 4. The van der Waals surface area contributed by atoms with Crippen molar-refractivity contribution in [2.45, 2.75) is 13.5 Å². The molecule has 0 spiro atoms. The van der Waals surface area contributed by atoms with Gasteiger partial charge in [0.25, 0.3) is 5.91 Å². The van der Waals surface area contributed by atoms with Gasteiger partial charge in [0, 0.05) is 35.4 Å². The summed E-state index contributed by atoms with van der Waals surface area (Å²) in [5, 5.41) is 8.00. The molecule has 140 valence electrons. The normalized spacial score (nSPS) is 14.4. The molecule has 0 atom stereocenters. The molecule has 1 aromatic carbocycles. The molecule has 0 saturated heterocycles. The predicted octanol–water partition coefficient (Wildman–Crippen LogP) is 0.963. The van der Waals surface area contributed by atoms with E-state index in [4.69, 9.17) is 11.5 Å². The number of hydrogen-bond donors (Lipinski definition) is 6. The lowest BCUT2D eigenvalue weighted by Crippen LogP contribution is -2.29. The third kappa shape index (κ3) is 3.82. The first-order chi connectivity index (χ1) is 12.9. The molecular formula is C18H20N6O3. The van der Waals surface area contributed by atoms with Crippen LogP contribution in [-0.4, -0.2) is 29.4 Å². The first-order valence-corrected chi connectivity index (χ1v) is 8.26. The summed E-state index contributed by atoms with van der Waals surface area (Å²) in [5.41, 5.74) is 15.1. The van der Waals surface area contributed by atoms with Crippen LogP contribution in [0, 0.1) is 0 Å². The number of urea groups is 1. The average Bonchev–Trinajstić information content (AvgIpc) is 3.22. The molecule has 1 aromatic heterocycles. The molecular weight excluding hydrogens is 348 g/mol. The first-order valence-electron chi connectivity index (χ1n) is 8.26. The summed E-state index contributed by atoms with van der Waals surface area (Å²) in [5.74, 6) is -0.474. The number of H-pyrrole nitrogens is 1. The Morgan fingerprint density at radius 2 is 2.00 bits per heavy atom. The Kier molecular flexibility index (Phi) is 4.95. The highest BCUT2D eigenvalue weighted by atomic mass is 16.2. The van der Waals surface area contributed by atoms with Crippen molar-refractivity contribution in [3.8, 4) is 0 Å². The third-order valence-electron chi connectivity index (χ3n) is 4.23. The maximum Gasteiger partial charge on any atom is 0.316 e. The quantitative estimate of drug-likeness (QED) is 0.435. The molecule has 0 bridgehead atoms. The second kappa shape index (κ2) is 7.34. The van der Waals surface area contributed by atoms with E-state index in [1.54, 1.807) is 24.4 Å². The zero-order valence-electron chi connectivity index (χ0n) is 14.7. The van der Waals surface area contributed by atoms with Crippen LogP contribution < -0.4 is 27.4 Å². The van der Waals surface area contributed by atoms with Crippen LogP contribution >= 0.6 is 0 Å². The van der Waals surface area contributed by atoms with Crippen LogP contribution in [0.3, 0.4) is 0 Å². The SMILES string of the molecule is C/C(=C1\C(=O)Nc2ccc(NC(N)=O)cc21)c1cc(CNC(=O)CN)c[nH]1. The number of carbonyl (C=O) groups is 3. The van der Waals surface area contributed by atoms with Gasteiger partial charge in [0.15, 0.2) is 0 Å². The standard InChI is InChI=1S/C18H20N6O3/c1-9(14-4-10(7-21-14)8-22-15(25)6-19)16-12-5-11(23-18(20)27)2-3-13(12)24-17(16)26/h2-5,7,21H,6,8,19H2,1H3,(H,22,25)(H,24,26)(H3,20,23,27)/b16-9+. The number of anilines is 2. The molecule has 0 unspecified atom stereocenters. The Bertz CT molecular complexity index is 960. The fourth-order valence-electron chi connectivity index (χ4n) is 2.92. The van der Waals surface area contributed by atoms with Gasteiger partial charge in [-0.1, -0.05) is 0 Å². The highest BCUT2D eigenvalue weighted by molar-refractivity contribution is 6.36. The maximum atomic E-state index is 12.5. The van der Waals surface area contributed by atoms with Gasteiger partial charge in [-0.3, -0.25) is 9.59 Å². The molecule has 1 aliphatic rings. The predicted molar refractivity (Wildman–Crippen MR) is 102 cm³/mol. The largest absolute Gasteiger partial charge is 0.361 e. The second-order valence-electron chi connectivity index (χ2n) is 6.11. The Morgan fingerprint density at radius 1 is 1.22 bits per heavy atom. The van der Waals surface area contributed by atoms with Crippen molar-refractivity contribution < 1.29 is 14.4 Å². The van der Waals surface area contributed by atoms with E-state index in [2.05, 4.69) is 20.9 Å². The van der Waals surface area contributed by atoms with Gasteiger partial charge in [-0.2, -0.15) is 0 Å². The van der Waals surface area contributed by atoms with Gasteiger partial charge in [0.05, 0.1) is 12.1 Å². The number of nitrogens with two attached hydrogens (primary N) is 2. The van der Waals surface area contributed by atoms with Gasteiger partial charge in [-0.05, 0) is 42.3 Å². The molecule has 0 aliphatic carbocycles. The molecule has 0 saturated carbocycles. The van der Waals surface area contributed by atoms with Gasteiger partial charge in [-0.25, -0.2) is 4.79 Å². The number of aromatic nitrogens is 1. The Morgan fingerprint density at radius 3 is 2.70 bits per heavy atom. The third-order valence-corrected chi connectivity index (χ3v) is 4.23. The number of benzene rings is 1. The van der Waals surface area contributed by atoms with Crippen molar-refractivity contribution in [1.29, 1.82) is 0 Å². The lowest BCUT2D eigenvalue weighted by Gasteiger charge is -2.07. The second-order valence-corrected chi connectivity index (χ2v) is 6.11. The summed E-state index contributed by atoms with van der Waals surface area (Å²) in [6.07, 6.45) is 1.76. The minimum Gasteiger partial charge on any atom is -0.361 e. The summed E-state index contributed by atoms with van der Waals surface area (Å²) < 4.78 is 0. The fourth-order valence-corrected chi connectivity index (χ4v) is 2.92. The molecule has 0 radical (unpaired) electrons. The molecule has 27 heavy (non-hydrogen) atoms. The maximum absolute atomic E-state index is 12.5. The van der Waals surface area contributed by atoms with Crippen molar-refractivity contribution in [2.75, 3.05) is 17.2 Å². The number of aromatic amines is 1. The van der Waals surface area contributed by atoms with E-state index in [0.29, 0.717) is 29.1 Å². The van der Waals surface area contributed by atoms with Crippen LogP contribution in [-0.2, 0) is 16.1 Å². The van der Waals surface area contributed by atoms with Crippen LogP contribution in [0.4, 0.5) is 16.2 Å². The number of amides is 4. The van der Waals surface area contributed by atoms with E-state index in [9.17, 15) is 14.4 Å². The van der Waals surface area contributed by atoms with Gasteiger partial charge >= 0.3 is 6.03 Å². The average molecular weight is 368 g/mol. The molecule has 2 aromatic rings. The van der Waals surface area contributed by atoms with E-state index < -0.39 is 6.03 Å². The zero-order valence-corrected chi connectivity index (χ0v) is 14.7. The Hall–Kier alpha value is -3.59. The summed E-state index contributed by atoms with van der Waals surface area (Å²) in [6.45, 7) is 2.09. The minimum absolute atomic E-state index is 0.0705. The number of nitrogens with one attached hydrogen (secondary N) is 4. The summed E-state index contributed by atoms with van der Waals surface area (Å²) in [4.78, 5) is 37.9. The van der Waals surface area contributed by atoms with Crippen LogP contribution in [0.2, 0.25) is 0 Å². The Labute approximate surface area is 155 Å². The van der Waals surface area contributed by atoms with Crippen molar-refractivity contribution in [1.82, 2.24) is 10.3 Å². The summed E-state index contributed by atoms with van der Waals surface area (Å²) in [7, 11) is 0. The molecule has 4 amide bonds. The fraction of sp³-hybridized carbons (Fsp3) is 0.167. The summed E-state index contributed by atoms with van der Waals surface area (Å²) >= 11 is 0. The number of allylic oxidation sites excluding steroid dienone is 1. The summed E-state index contributed by atoms with van der Waals surface area (Å²) in [6, 6.07) is 6.25. The van der Waals surface area contributed by atoms with E-state index in [0.717, 1.165) is 16.8 Å². The monoisotopic (exact) mass is 368 g/mol. The van der Waals surface area contributed by atoms with Crippen molar-refractivity contribution in [2.24, 2.45) is 11.5 Å². The van der Waals surface area contributed by atoms with Crippen LogP contribution in [0.1, 0.15) is 23.7 Å². The molecule has 8 N–H and O–H groups in total. The van der Waals surface area contributed by atoms with E-state index in [-0.39, 0.29) is 18.4 Å². The van der Waals surface area contributed by atoms with E-state index in [1.165, 1.54) is 0 Å². The van der Waals surface area contributed by atoms with Gasteiger partial charge in [0.2, 0.25) is 5.91 Å². The lowest BCUT2D eigenvalue weighted by atomic mass is 9.99. The first kappa shape index (κ1) is 18.2. The van der Waals surface area contributed by atoms with Gasteiger partial charge in [-0.15, -0.1) is 0 Å². The molecule has 1 aliphatic heterocycles. The van der Waals surface area contributed by atoms with Crippen LogP contribution in [0.25, 0.3) is 11.1 Å². The molecule has 9 heteroatoms. The molecule has 9 nitrogen and oxygen atoms in total. The highest BCUT2D eigenvalue weighted by Gasteiger charge is 2.27. The van der Waals surface area contributed by atoms with E-state index >= 15 is 0 Å². The topological polar surface area (TPSA) is 155 Å². The minimum atomic E-state index is -0.678. The van der Waals surface area contributed by atoms with Crippen LogP contribution in [0.15, 0.2) is 30.5 Å². The van der Waals surface area contributed by atoms with Crippen molar-refractivity contribution in [3.63, 3.8) is 0 Å². The van der Waals surface area contributed by atoms with Crippen molar-refractivity contribution in [3.05, 3.63) is 47.3 Å². The lowest BCUT2D eigenvalue weighted by molar-refractivity contribution is -0.119. The highest BCUT2D eigenvalue weighted by Crippen LogP contribution is 2.38. The Balaban J connectivity index is 1.92. The molecule has 3 rings (SSSR count). The van der Waals surface area contributed by atoms with Crippen molar-refractivity contribution >= 4 is 40.4 Å². The number of rotatable bonds is 5. The smallest absolute Gasteiger partial charge is 0.316 e. The van der Waals surface area contributed by atoms with Gasteiger partial charge < -0.3 is 32.4 Å².